The van der Waals surface area contributed by atoms with Gasteiger partial charge in [-0.2, -0.15) is 0 Å². The Morgan fingerprint density at radius 3 is 1.09 bits per heavy atom. The van der Waals surface area contributed by atoms with E-state index in [0.29, 0.717) is 0 Å². The van der Waals surface area contributed by atoms with Crippen LogP contribution in [0.4, 0.5) is 0 Å². The van der Waals surface area contributed by atoms with Gasteiger partial charge in [0.1, 0.15) is 0 Å². The molecule has 3 aromatic rings. The van der Waals surface area contributed by atoms with Crippen molar-refractivity contribution >= 4 is 42.2 Å². The standard InChI is InChI=1S/C20H18IP/c1-2-22(21,18-12-6-3-7-13-18,19-14-8-4-9-15-19)20-16-10-5-11-17-20/h2-17H,1H2. The van der Waals surface area contributed by atoms with Crippen molar-refractivity contribution in [2.45, 2.75) is 0 Å². The van der Waals surface area contributed by atoms with Crippen molar-refractivity contribution in [3.8, 4) is 0 Å². The van der Waals surface area contributed by atoms with Crippen LogP contribution in [-0.2, 0) is 0 Å². The zero-order valence-corrected chi connectivity index (χ0v) is 15.3. The van der Waals surface area contributed by atoms with Crippen molar-refractivity contribution in [1.82, 2.24) is 0 Å². The SMILES string of the molecule is C=CP(I)(c1ccccc1)(c1ccccc1)c1ccccc1. The van der Waals surface area contributed by atoms with E-state index in [1.54, 1.807) is 0 Å². The van der Waals surface area contributed by atoms with Crippen LogP contribution in [0.2, 0.25) is 0 Å². The second-order valence-electron chi connectivity index (χ2n) is 5.26. The zero-order valence-electron chi connectivity index (χ0n) is 12.3. The van der Waals surface area contributed by atoms with Gasteiger partial charge in [-0.15, -0.1) is 0 Å². The fourth-order valence-electron chi connectivity index (χ4n) is 2.92. The van der Waals surface area contributed by atoms with Crippen LogP contribution >= 0.6 is 26.3 Å². The normalized spacial score (nSPS) is 13.0. The summed E-state index contributed by atoms with van der Waals surface area (Å²) in [4.78, 5) is 0. The molecular formula is C20H18IP. The third-order valence-electron chi connectivity index (χ3n) is 4.13. The predicted molar refractivity (Wildman–Crippen MR) is 109 cm³/mol. The average molecular weight is 416 g/mol. The van der Waals surface area contributed by atoms with Crippen molar-refractivity contribution < 1.29 is 0 Å². The van der Waals surface area contributed by atoms with E-state index in [2.05, 4.69) is 125 Å². The van der Waals surface area contributed by atoms with Gasteiger partial charge in [-0.1, -0.05) is 0 Å². The summed E-state index contributed by atoms with van der Waals surface area (Å²) in [6.45, 7) is 4.28. The van der Waals surface area contributed by atoms with Crippen LogP contribution in [0.15, 0.2) is 103 Å². The van der Waals surface area contributed by atoms with E-state index in [-0.39, 0.29) is 0 Å². The molecule has 22 heavy (non-hydrogen) atoms. The number of halogens is 1. The molecule has 110 valence electrons. The molecule has 2 heteroatoms. The molecule has 0 aromatic heterocycles. The zero-order chi connectivity index (χ0) is 15.5. The van der Waals surface area contributed by atoms with Gasteiger partial charge in [-0.25, -0.2) is 0 Å². The minimum atomic E-state index is -2.67. The Labute approximate surface area is 145 Å². The van der Waals surface area contributed by atoms with Crippen LogP contribution < -0.4 is 15.9 Å². The van der Waals surface area contributed by atoms with Crippen LogP contribution in [0, 0.1) is 0 Å². The third-order valence-corrected chi connectivity index (χ3v) is 14.9. The topological polar surface area (TPSA) is 0 Å². The first-order valence-corrected chi connectivity index (χ1v) is 12.3. The van der Waals surface area contributed by atoms with Crippen molar-refractivity contribution in [3.63, 3.8) is 0 Å². The number of hydrogen-bond donors (Lipinski definition) is 0. The van der Waals surface area contributed by atoms with E-state index in [9.17, 15) is 0 Å². The summed E-state index contributed by atoms with van der Waals surface area (Å²) in [6, 6.07) is 32.3. The Kier molecular flexibility index (Phi) is 4.20. The van der Waals surface area contributed by atoms with Gasteiger partial charge < -0.3 is 0 Å². The van der Waals surface area contributed by atoms with Crippen molar-refractivity contribution in [3.05, 3.63) is 103 Å². The minimum absolute atomic E-state index is 1.33. The molecule has 0 spiro atoms. The Morgan fingerprint density at radius 1 is 0.591 bits per heavy atom. The molecule has 3 rings (SSSR count). The first-order chi connectivity index (χ1) is 10.7. The quantitative estimate of drug-likeness (QED) is 0.415. The van der Waals surface area contributed by atoms with Crippen LogP contribution in [0.5, 0.6) is 0 Å². The van der Waals surface area contributed by atoms with Crippen molar-refractivity contribution in [2.75, 3.05) is 0 Å². The molecule has 0 saturated heterocycles. The van der Waals surface area contributed by atoms with Crippen LogP contribution in [0.1, 0.15) is 0 Å². The summed E-state index contributed by atoms with van der Waals surface area (Å²) in [5.41, 5.74) is 0. The Balaban J connectivity index is 2.44. The van der Waals surface area contributed by atoms with Gasteiger partial charge >= 0.3 is 146 Å². The van der Waals surface area contributed by atoms with Crippen molar-refractivity contribution in [1.29, 1.82) is 0 Å². The Hall–Kier alpha value is -1.44. The molecule has 0 nitrogen and oxygen atoms in total. The first-order valence-electron chi connectivity index (χ1n) is 7.24. The van der Waals surface area contributed by atoms with E-state index in [0.717, 1.165) is 0 Å². The molecule has 0 aliphatic rings. The van der Waals surface area contributed by atoms with Crippen molar-refractivity contribution in [2.24, 2.45) is 0 Å². The molecule has 0 aliphatic heterocycles. The van der Waals surface area contributed by atoms with E-state index < -0.39 is 4.25 Å². The van der Waals surface area contributed by atoms with E-state index in [4.69, 9.17) is 0 Å². The van der Waals surface area contributed by atoms with Crippen LogP contribution in [0.25, 0.3) is 0 Å². The van der Waals surface area contributed by atoms with E-state index in [1.165, 1.54) is 15.9 Å². The van der Waals surface area contributed by atoms with Gasteiger partial charge in [0, 0.05) is 0 Å². The third kappa shape index (κ3) is 2.24. The van der Waals surface area contributed by atoms with Gasteiger partial charge in [0.05, 0.1) is 0 Å². The summed E-state index contributed by atoms with van der Waals surface area (Å²) in [7, 11) is 0. The number of rotatable bonds is 4. The fraction of sp³-hybridized carbons (Fsp3) is 0. The van der Waals surface area contributed by atoms with Crippen LogP contribution in [-0.4, -0.2) is 0 Å². The maximum atomic E-state index is 4.28. The molecular weight excluding hydrogens is 398 g/mol. The predicted octanol–water partition coefficient (Wildman–Crippen LogP) is 5.01. The maximum absolute atomic E-state index is 4.28. The average Bonchev–Trinajstić information content (AvgIpc) is 2.63. The van der Waals surface area contributed by atoms with Gasteiger partial charge in [0.15, 0.2) is 0 Å². The van der Waals surface area contributed by atoms with Gasteiger partial charge in [-0.3, -0.25) is 0 Å². The second kappa shape index (κ2) is 5.98. The summed E-state index contributed by atoms with van der Waals surface area (Å²) in [6.07, 6.45) is 0. The molecule has 0 radical (unpaired) electrons. The first kappa shape index (κ1) is 15.5. The fourth-order valence-corrected chi connectivity index (χ4v) is 9.61. The molecule has 0 bridgehead atoms. The van der Waals surface area contributed by atoms with E-state index >= 15 is 0 Å². The second-order valence-corrected chi connectivity index (χ2v) is 15.3. The van der Waals surface area contributed by atoms with Gasteiger partial charge in [0.25, 0.3) is 0 Å². The summed E-state index contributed by atoms with van der Waals surface area (Å²) < 4.78 is -2.67. The summed E-state index contributed by atoms with van der Waals surface area (Å²) in [5, 5.41) is 4.00. The molecule has 0 atom stereocenters. The number of hydrogen-bond acceptors (Lipinski definition) is 0. The molecule has 0 heterocycles. The molecule has 0 saturated carbocycles. The Morgan fingerprint density at radius 2 is 0.864 bits per heavy atom. The molecule has 0 N–H and O–H groups in total. The molecule has 0 amide bonds. The monoisotopic (exact) mass is 416 g/mol. The number of benzene rings is 3. The van der Waals surface area contributed by atoms with E-state index in [1.807, 2.05) is 0 Å². The molecule has 0 aliphatic carbocycles. The Bertz CT molecular complexity index is 667. The molecule has 3 aromatic carbocycles. The van der Waals surface area contributed by atoms with Gasteiger partial charge in [0.2, 0.25) is 0 Å². The van der Waals surface area contributed by atoms with Gasteiger partial charge in [-0.05, 0) is 0 Å². The molecule has 0 unspecified atom stereocenters. The van der Waals surface area contributed by atoms with Crippen LogP contribution in [0.3, 0.4) is 0 Å². The summed E-state index contributed by atoms with van der Waals surface area (Å²) >= 11 is 2.68. The summed E-state index contributed by atoms with van der Waals surface area (Å²) in [5.74, 6) is 2.19. The molecule has 0 fully saturated rings.